The number of methoxy groups -OCH3 is 1. The van der Waals surface area contributed by atoms with E-state index >= 15 is 0 Å². The van der Waals surface area contributed by atoms with Crippen molar-refractivity contribution in [3.63, 3.8) is 0 Å². The zero-order chi connectivity index (χ0) is 25.9. The first-order chi connectivity index (χ1) is 16.6. The van der Waals surface area contributed by atoms with Crippen LogP contribution in [0.4, 0.5) is 33.5 Å². The monoisotopic (exact) mass is 498 g/mol. The molecule has 3 N–H and O–H groups in total. The van der Waals surface area contributed by atoms with E-state index in [1.54, 1.807) is 30.3 Å². The van der Waals surface area contributed by atoms with E-state index in [4.69, 9.17) is 10.5 Å². The zero-order valence-corrected chi connectivity index (χ0v) is 18.2. The van der Waals surface area contributed by atoms with Gasteiger partial charge in [-0.1, -0.05) is 30.3 Å². The molecule has 3 aromatic rings. The van der Waals surface area contributed by atoms with E-state index in [0.717, 1.165) is 4.57 Å². The number of aromatic amines is 1. The van der Waals surface area contributed by atoms with Gasteiger partial charge in [-0.3, -0.25) is 24.0 Å². The lowest BCUT2D eigenvalue weighted by Crippen LogP contribution is -2.42. The molecule has 0 saturated carbocycles. The van der Waals surface area contributed by atoms with E-state index < -0.39 is 69.7 Å². The van der Waals surface area contributed by atoms with Crippen molar-refractivity contribution in [2.45, 2.75) is 19.5 Å². The number of aromatic nitrogens is 2. The summed E-state index contributed by atoms with van der Waals surface area (Å²) in [5.74, 6) is -12.8. The molecule has 2 aromatic carbocycles. The number of amides is 1. The highest BCUT2D eigenvalue weighted by Gasteiger charge is 2.30. The highest BCUT2D eigenvalue weighted by Crippen LogP contribution is 2.26. The van der Waals surface area contributed by atoms with Crippen molar-refractivity contribution in [3.05, 3.63) is 91.4 Å². The van der Waals surface area contributed by atoms with Gasteiger partial charge in [0.25, 0.3) is 5.56 Å². The molecule has 1 amide bonds. The lowest BCUT2D eigenvalue weighted by molar-refractivity contribution is -0.118. The molecule has 0 aliphatic heterocycles. The molecule has 0 atom stereocenters. The fourth-order valence-electron chi connectivity index (χ4n) is 3.35. The van der Waals surface area contributed by atoms with Crippen molar-refractivity contribution in [1.82, 2.24) is 9.55 Å². The first-order valence-electron chi connectivity index (χ1n) is 10.0. The van der Waals surface area contributed by atoms with Gasteiger partial charge >= 0.3 is 5.69 Å². The van der Waals surface area contributed by atoms with E-state index in [1.807, 2.05) is 4.98 Å². The van der Waals surface area contributed by atoms with Crippen molar-refractivity contribution in [1.29, 1.82) is 0 Å². The fraction of sp³-hybridized carbons (Fsp3) is 0.227. The smallest absolute Gasteiger partial charge is 0.330 e. The molecule has 0 aliphatic rings. The van der Waals surface area contributed by atoms with Crippen LogP contribution in [0.3, 0.4) is 0 Å². The predicted octanol–water partition coefficient (Wildman–Crippen LogP) is 2.24. The average Bonchev–Trinajstić information content (AvgIpc) is 2.83. The van der Waals surface area contributed by atoms with Gasteiger partial charge in [0, 0.05) is 12.7 Å². The summed E-state index contributed by atoms with van der Waals surface area (Å²) in [6.45, 7) is -0.479. The Kier molecular flexibility index (Phi) is 7.69. The van der Waals surface area contributed by atoms with Crippen LogP contribution in [0.5, 0.6) is 0 Å². The van der Waals surface area contributed by atoms with Crippen LogP contribution in [-0.4, -0.2) is 29.2 Å². The summed E-state index contributed by atoms with van der Waals surface area (Å²) in [4.78, 5) is 40.8. The predicted molar refractivity (Wildman–Crippen MR) is 115 cm³/mol. The summed E-state index contributed by atoms with van der Waals surface area (Å²) in [5, 5.41) is 0. The second-order valence-corrected chi connectivity index (χ2v) is 7.33. The van der Waals surface area contributed by atoms with Gasteiger partial charge in [-0.05, 0) is 5.56 Å². The third kappa shape index (κ3) is 5.09. The van der Waals surface area contributed by atoms with Crippen LogP contribution in [0, 0.1) is 29.1 Å². The Hall–Kier alpha value is -4.00. The molecule has 3 rings (SSSR count). The van der Waals surface area contributed by atoms with E-state index in [0.29, 0.717) is 10.5 Å². The summed E-state index contributed by atoms with van der Waals surface area (Å²) in [5.41, 5.74) is 2.53. The second kappa shape index (κ2) is 10.5. The van der Waals surface area contributed by atoms with Gasteiger partial charge < -0.3 is 10.5 Å². The number of hydrogen-bond acceptors (Lipinski definition) is 5. The second-order valence-electron chi connectivity index (χ2n) is 7.33. The van der Waals surface area contributed by atoms with E-state index in [-0.39, 0.29) is 19.7 Å². The van der Waals surface area contributed by atoms with Gasteiger partial charge in [0.2, 0.25) is 11.7 Å². The van der Waals surface area contributed by atoms with Crippen molar-refractivity contribution < 1.29 is 31.5 Å². The molecule has 0 fully saturated rings. The highest BCUT2D eigenvalue weighted by molar-refractivity contribution is 5.96. The molecule has 35 heavy (non-hydrogen) atoms. The maximum Gasteiger partial charge on any atom is 0.330 e. The molecule has 1 heterocycles. The normalized spacial score (nSPS) is 11.0. The first-order valence-corrected chi connectivity index (χ1v) is 10.0. The Labute approximate surface area is 194 Å². The van der Waals surface area contributed by atoms with Gasteiger partial charge in [-0.15, -0.1) is 0 Å². The summed E-state index contributed by atoms with van der Waals surface area (Å²) in [7, 11) is 1.35. The Morgan fingerprint density at radius 3 is 2.14 bits per heavy atom. The zero-order valence-electron chi connectivity index (χ0n) is 18.2. The SMILES string of the molecule is COCCn1c(N)c(N(Cc2ccccc2)C(=O)Cc2c(F)c(F)c(F)c(F)c2F)c(=O)[nH]c1=O. The van der Waals surface area contributed by atoms with Crippen molar-refractivity contribution in [3.8, 4) is 0 Å². The number of H-pyrrole nitrogens is 1. The Bertz CT molecular complexity index is 1350. The molecule has 0 radical (unpaired) electrons. The molecule has 13 heteroatoms. The standard InChI is InChI=1S/C22H19F5N4O4/c1-35-8-7-30-20(28)19(21(33)29-22(30)34)31(10-11-5-3-2-4-6-11)13(32)9-12-14(23)16(25)18(27)17(26)15(12)24/h2-6H,7-10,28H2,1H3,(H,29,33,34). The summed E-state index contributed by atoms with van der Waals surface area (Å²) in [6, 6.07) is 7.99. The first kappa shape index (κ1) is 25.6. The number of carbonyl (C=O) groups excluding carboxylic acids is 1. The lowest BCUT2D eigenvalue weighted by atomic mass is 10.1. The molecule has 0 aliphatic carbocycles. The highest BCUT2D eigenvalue weighted by atomic mass is 19.2. The lowest BCUT2D eigenvalue weighted by Gasteiger charge is -2.25. The fourth-order valence-corrected chi connectivity index (χ4v) is 3.35. The maximum atomic E-state index is 14.2. The van der Waals surface area contributed by atoms with E-state index in [2.05, 4.69) is 0 Å². The molecule has 0 unspecified atom stereocenters. The van der Waals surface area contributed by atoms with Crippen LogP contribution >= 0.6 is 0 Å². The average molecular weight is 498 g/mol. The van der Waals surface area contributed by atoms with Gasteiger partial charge in [-0.25, -0.2) is 26.7 Å². The minimum absolute atomic E-state index is 0.00672. The minimum atomic E-state index is -2.37. The van der Waals surface area contributed by atoms with Crippen molar-refractivity contribution >= 4 is 17.4 Å². The number of nitrogen functional groups attached to an aromatic ring is 1. The molecule has 0 bridgehead atoms. The maximum absolute atomic E-state index is 14.2. The van der Waals surface area contributed by atoms with Crippen LogP contribution < -0.4 is 21.9 Å². The van der Waals surface area contributed by atoms with Gasteiger partial charge in [0.05, 0.1) is 26.1 Å². The van der Waals surface area contributed by atoms with Crippen LogP contribution in [-0.2, 0) is 29.0 Å². The largest absolute Gasteiger partial charge is 0.383 e. The molecule has 8 nitrogen and oxygen atoms in total. The van der Waals surface area contributed by atoms with Crippen LogP contribution in [0.2, 0.25) is 0 Å². The number of nitrogens with one attached hydrogen (secondary N) is 1. The number of carbonyl (C=O) groups is 1. The molecule has 0 spiro atoms. The van der Waals surface area contributed by atoms with Crippen LogP contribution in [0.15, 0.2) is 39.9 Å². The molecule has 0 saturated heterocycles. The topological polar surface area (TPSA) is 110 Å². The van der Waals surface area contributed by atoms with Gasteiger partial charge in [-0.2, -0.15) is 0 Å². The number of nitrogens with two attached hydrogens (primary N) is 1. The summed E-state index contributed by atoms with van der Waals surface area (Å²) >= 11 is 0. The molecule has 1 aromatic heterocycles. The Balaban J connectivity index is 2.15. The number of benzene rings is 2. The van der Waals surface area contributed by atoms with Crippen molar-refractivity contribution in [2.75, 3.05) is 24.4 Å². The molecule has 186 valence electrons. The van der Waals surface area contributed by atoms with Crippen LogP contribution in [0.25, 0.3) is 0 Å². The number of nitrogens with zero attached hydrogens (tertiary/aromatic N) is 2. The molecular weight excluding hydrogens is 479 g/mol. The quantitative estimate of drug-likeness (QED) is 0.281. The number of ether oxygens (including phenoxy) is 1. The summed E-state index contributed by atoms with van der Waals surface area (Å²) in [6.07, 6.45) is -1.30. The third-order valence-corrected chi connectivity index (χ3v) is 5.12. The van der Waals surface area contributed by atoms with Gasteiger partial charge in [0.15, 0.2) is 29.0 Å². The van der Waals surface area contributed by atoms with E-state index in [9.17, 15) is 36.3 Å². The number of hydrogen-bond donors (Lipinski definition) is 2. The van der Waals surface area contributed by atoms with E-state index in [1.165, 1.54) is 7.11 Å². The van der Waals surface area contributed by atoms with Gasteiger partial charge in [0.1, 0.15) is 5.82 Å². The molecular formula is C22H19F5N4O4. The number of rotatable bonds is 8. The Morgan fingerprint density at radius 1 is 1.00 bits per heavy atom. The van der Waals surface area contributed by atoms with Crippen LogP contribution in [0.1, 0.15) is 11.1 Å². The number of halogens is 5. The minimum Gasteiger partial charge on any atom is -0.383 e. The Morgan fingerprint density at radius 2 is 1.57 bits per heavy atom. The van der Waals surface area contributed by atoms with Crippen molar-refractivity contribution in [2.24, 2.45) is 0 Å². The summed E-state index contributed by atoms with van der Waals surface area (Å²) < 4.78 is 75.0. The number of anilines is 2. The third-order valence-electron chi connectivity index (χ3n) is 5.12.